The van der Waals surface area contributed by atoms with E-state index < -0.39 is 11.7 Å². The molecule has 1 heterocycles. The molecule has 5 heteroatoms. The van der Waals surface area contributed by atoms with Gasteiger partial charge in [0.15, 0.2) is 0 Å². The molecule has 0 atom stereocenters. The maximum Gasteiger partial charge on any atom is 0.417 e. The minimum absolute atomic E-state index is 0.00208. The molecule has 0 radical (unpaired) electrons. The summed E-state index contributed by atoms with van der Waals surface area (Å²) in [5.74, 6) is -0.388. The third-order valence-electron chi connectivity index (χ3n) is 2.95. The van der Waals surface area contributed by atoms with Gasteiger partial charge >= 0.3 is 6.18 Å². The van der Waals surface area contributed by atoms with Crippen LogP contribution in [0.4, 0.5) is 13.2 Å². The van der Waals surface area contributed by atoms with E-state index in [0.29, 0.717) is 11.8 Å². The first-order valence-corrected chi connectivity index (χ1v) is 6.08. The molecule has 0 amide bonds. The number of hydrogen-bond acceptors (Lipinski definition) is 2. The molecule has 0 aliphatic heterocycles. The number of aromatic nitrogens is 1. The van der Waals surface area contributed by atoms with Crippen molar-refractivity contribution < 1.29 is 18.0 Å². The maximum atomic E-state index is 12.4. The minimum atomic E-state index is -4.45. The van der Waals surface area contributed by atoms with Crippen LogP contribution in [0.25, 0.3) is 0 Å². The summed E-state index contributed by atoms with van der Waals surface area (Å²) in [7, 11) is 0. The third kappa shape index (κ3) is 3.04. The lowest BCUT2D eigenvalue weighted by Crippen LogP contribution is -2.09. The minimum Gasteiger partial charge on any atom is -0.287 e. The fourth-order valence-electron chi connectivity index (χ4n) is 1.74. The summed E-state index contributed by atoms with van der Waals surface area (Å²) < 4.78 is 37.2. The topological polar surface area (TPSA) is 30.0 Å². The van der Waals surface area contributed by atoms with Gasteiger partial charge in [0, 0.05) is 11.8 Å². The molecule has 0 bridgehead atoms. The van der Waals surface area contributed by atoms with E-state index >= 15 is 0 Å². The van der Waals surface area contributed by atoms with Gasteiger partial charge in [0.05, 0.1) is 5.56 Å². The van der Waals surface area contributed by atoms with Crippen LogP contribution in [0.3, 0.4) is 0 Å². The molecule has 2 nitrogen and oxygen atoms in total. The van der Waals surface area contributed by atoms with Crippen LogP contribution in [0.15, 0.2) is 42.6 Å². The molecule has 0 fully saturated rings. The smallest absolute Gasteiger partial charge is 0.287 e. The Balaban J connectivity index is 2.24. The fourth-order valence-corrected chi connectivity index (χ4v) is 1.74. The number of carbonyl (C=O) groups is 1. The molecule has 104 valence electrons. The number of carbonyl (C=O) groups excluding carboxylic acids is 1. The van der Waals surface area contributed by atoms with E-state index in [4.69, 9.17) is 0 Å². The summed E-state index contributed by atoms with van der Waals surface area (Å²) in [4.78, 5) is 15.7. The summed E-state index contributed by atoms with van der Waals surface area (Å²) >= 11 is 0. The van der Waals surface area contributed by atoms with E-state index in [2.05, 4.69) is 4.98 Å². The molecular formula is C15H12F3NO. The molecule has 0 N–H and O–H groups in total. The van der Waals surface area contributed by atoms with Crippen LogP contribution in [0.1, 0.15) is 34.1 Å². The van der Waals surface area contributed by atoms with Crippen molar-refractivity contribution >= 4 is 5.78 Å². The SMILES string of the molecule is CCc1ccc(C(=O)c2ccc(C(F)(F)F)cn2)cc1. The highest BCUT2D eigenvalue weighted by atomic mass is 19.4. The first kappa shape index (κ1) is 14.2. The Morgan fingerprint density at radius 2 is 1.75 bits per heavy atom. The number of rotatable bonds is 3. The maximum absolute atomic E-state index is 12.4. The number of ketones is 1. The molecule has 0 aliphatic carbocycles. The van der Waals surface area contributed by atoms with Crippen LogP contribution >= 0.6 is 0 Å². The average Bonchev–Trinajstić information content (AvgIpc) is 2.46. The van der Waals surface area contributed by atoms with E-state index in [1.54, 1.807) is 12.1 Å². The molecule has 2 aromatic rings. The van der Waals surface area contributed by atoms with Crippen LogP contribution < -0.4 is 0 Å². The molecular weight excluding hydrogens is 267 g/mol. The quantitative estimate of drug-likeness (QED) is 0.798. The highest BCUT2D eigenvalue weighted by Crippen LogP contribution is 2.28. The van der Waals surface area contributed by atoms with Crippen LogP contribution in [-0.2, 0) is 12.6 Å². The monoisotopic (exact) mass is 279 g/mol. The summed E-state index contributed by atoms with van der Waals surface area (Å²) in [6.07, 6.45) is -2.92. The zero-order valence-corrected chi connectivity index (χ0v) is 10.7. The van der Waals surface area contributed by atoms with Gasteiger partial charge in [0.1, 0.15) is 5.69 Å². The lowest BCUT2D eigenvalue weighted by Gasteiger charge is -2.06. The number of alkyl halides is 3. The van der Waals surface area contributed by atoms with E-state index in [9.17, 15) is 18.0 Å². The van der Waals surface area contributed by atoms with E-state index in [0.717, 1.165) is 24.1 Å². The van der Waals surface area contributed by atoms with E-state index in [1.807, 2.05) is 19.1 Å². The number of halogens is 3. The van der Waals surface area contributed by atoms with Gasteiger partial charge in [0.25, 0.3) is 0 Å². The number of pyridine rings is 1. The molecule has 2 rings (SSSR count). The lowest BCUT2D eigenvalue weighted by molar-refractivity contribution is -0.137. The van der Waals surface area contributed by atoms with Crippen molar-refractivity contribution in [3.05, 3.63) is 65.0 Å². The van der Waals surface area contributed by atoms with Crippen molar-refractivity contribution in [2.24, 2.45) is 0 Å². The first-order valence-electron chi connectivity index (χ1n) is 6.08. The number of nitrogens with zero attached hydrogens (tertiary/aromatic N) is 1. The molecule has 1 aromatic heterocycles. The lowest BCUT2D eigenvalue weighted by atomic mass is 10.0. The van der Waals surface area contributed by atoms with Crippen molar-refractivity contribution in [3.8, 4) is 0 Å². The van der Waals surface area contributed by atoms with Crippen molar-refractivity contribution in [2.45, 2.75) is 19.5 Å². The Bertz CT molecular complexity index is 601. The van der Waals surface area contributed by atoms with Crippen molar-refractivity contribution in [2.75, 3.05) is 0 Å². The highest BCUT2D eigenvalue weighted by Gasteiger charge is 2.30. The van der Waals surface area contributed by atoms with Gasteiger partial charge < -0.3 is 0 Å². The fraction of sp³-hybridized carbons (Fsp3) is 0.200. The second-order valence-electron chi connectivity index (χ2n) is 4.31. The van der Waals surface area contributed by atoms with Gasteiger partial charge in [-0.15, -0.1) is 0 Å². The predicted molar refractivity (Wildman–Crippen MR) is 68.5 cm³/mol. The molecule has 0 saturated heterocycles. The van der Waals surface area contributed by atoms with Crippen molar-refractivity contribution in [3.63, 3.8) is 0 Å². The van der Waals surface area contributed by atoms with E-state index in [1.165, 1.54) is 0 Å². The van der Waals surface area contributed by atoms with Gasteiger partial charge in [-0.2, -0.15) is 13.2 Å². The van der Waals surface area contributed by atoms with Crippen molar-refractivity contribution in [1.29, 1.82) is 0 Å². The van der Waals surface area contributed by atoms with Gasteiger partial charge in [-0.05, 0) is 24.1 Å². The van der Waals surface area contributed by atoms with Crippen LogP contribution in [0, 0.1) is 0 Å². The average molecular weight is 279 g/mol. The normalized spacial score (nSPS) is 11.4. The summed E-state index contributed by atoms with van der Waals surface area (Å²) in [5, 5.41) is 0. The van der Waals surface area contributed by atoms with Crippen LogP contribution in [-0.4, -0.2) is 10.8 Å². The van der Waals surface area contributed by atoms with E-state index in [-0.39, 0.29) is 11.5 Å². The predicted octanol–water partition coefficient (Wildman–Crippen LogP) is 3.89. The summed E-state index contributed by atoms with van der Waals surface area (Å²) in [6.45, 7) is 1.99. The Hall–Kier alpha value is -2.17. The zero-order chi connectivity index (χ0) is 14.8. The highest BCUT2D eigenvalue weighted by molar-refractivity contribution is 6.07. The number of benzene rings is 1. The van der Waals surface area contributed by atoms with Gasteiger partial charge in [-0.3, -0.25) is 9.78 Å². The Morgan fingerprint density at radius 3 is 2.20 bits per heavy atom. The summed E-state index contributed by atoms with van der Waals surface area (Å²) in [6, 6.07) is 8.90. The molecule has 1 aromatic carbocycles. The molecule has 20 heavy (non-hydrogen) atoms. The number of aryl methyl sites for hydroxylation is 1. The number of hydrogen-bond donors (Lipinski definition) is 0. The van der Waals surface area contributed by atoms with Crippen molar-refractivity contribution in [1.82, 2.24) is 4.98 Å². The Morgan fingerprint density at radius 1 is 1.10 bits per heavy atom. The van der Waals surface area contributed by atoms with Gasteiger partial charge in [0.2, 0.25) is 5.78 Å². The zero-order valence-electron chi connectivity index (χ0n) is 10.7. The second kappa shape index (κ2) is 5.45. The van der Waals surface area contributed by atoms with Crippen LogP contribution in [0.5, 0.6) is 0 Å². The largest absolute Gasteiger partial charge is 0.417 e. The molecule has 0 saturated carbocycles. The Labute approximate surface area is 114 Å². The second-order valence-corrected chi connectivity index (χ2v) is 4.31. The molecule has 0 aliphatic rings. The van der Waals surface area contributed by atoms with Gasteiger partial charge in [-0.1, -0.05) is 31.2 Å². The standard InChI is InChI=1S/C15H12F3NO/c1-2-10-3-5-11(6-4-10)14(20)13-8-7-12(9-19-13)15(16,17)18/h3-9H,2H2,1H3. The third-order valence-corrected chi connectivity index (χ3v) is 2.95. The molecule has 0 spiro atoms. The van der Waals surface area contributed by atoms with Crippen LogP contribution in [0.2, 0.25) is 0 Å². The molecule has 0 unspecified atom stereocenters. The Kier molecular flexibility index (Phi) is 3.88. The first-order chi connectivity index (χ1) is 9.41. The summed E-state index contributed by atoms with van der Waals surface area (Å²) in [5.41, 5.74) is 0.633. The van der Waals surface area contributed by atoms with Gasteiger partial charge in [-0.25, -0.2) is 0 Å².